The minimum absolute atomic E-state index is 0.648. The van der Waals surface area contributed by atoms with Crippen molar-refractivity contribution in [2.75, 3.05) is 33.7 Å². The lowest BCUT2D eigenvalue weighted by molar-refractivity contribution is 0.108. The molecule has 0 spiro atoms. The van der Waals surface area contributed by atoms with Crippen LogP contribution in [0.5, 0.6) is 0 Å². The number of nitrogens with one attached hydrogen (secondary N) is 1. The van der Waals surface area contributed by atoms with Gasteiger partial charge in [-0.2, -0.15) is 0 Å². The summed E-state index contributed by atoms with van der Waals surface area (Å²) in [6.45, 7) is 6.10. The van der Waals surface area contributed by atoms with Crippen LogP contribution < -0.4 is 5.32 Å². The molecule has 0 bridgehead atoms. The Bertz CT molecular complexity index is 132. The molecule has 1 heterocycles. The summed E-state index contributed by atoms with van der Waals surface area (Å²) in [6, 6.07) is 0. The summed E-state index contributed by atoms with van der Waals surface area (Å²) in [5, 5.41) is 3.27. The van der Waals surface area contributed by atoms with E-state index in [1.807, 2.05) is 0 Å². The van der Waals surface area contributed by atoms with E-state index in [2.05, 4.69) is 31.2 Å². The van der Waals surface area contributed by atoms with Crippen LogP contribution in [-0.4, -0.2) is 38.6 Å². The number of nitrogens with zero attached hydrogens (tertiary/aromatic N) is 1. The fraction of sp³-hybridized carbons (Fsp3) is 1.00. The first-order valence-corrected chi connectivity index (χ1v) is 5.55. The normalized spacial score (nSPS) is 23.3. The first kappa shape index (κ1) is 11.0. The molecule has 1 aliphatic heterocycles. The maximum absolute atomic E-state index is 3.27. The van der Waals surface area contributed by atoms with E-state index in [-0.39, 0.29) is 0 Å². The van der Waals surface area contributed by atoms with Gasteiger partial charge in [0, 0.05) is 0 Å². The van der Waals surface area contributed by atoms with Crippen molar-refractivity contribution in [1.29, 1.82) is 0 Å². The van der Waals surface area contributed by atoms with Gasteiger partial charge < -0.3 is 10.2 Å². The second-order valence-electron chi connectivity index (χ2n) is 4.51. The molecule has 1 fully saturated rings. The lowest BCUT2D eigenvalue weighted by atomic mass is 9.74. The van der Waals surface area contributed by atoms with E-state index < -0.39 is 0 Å². The van der Waals surface area contributed by atoms with Crippen molar-refractivity contribution in [2.24, 2.45) is 5.41 Å². The van der Waals surface area contributed by atoms with Crippen molar-refractivity contribution in [3.63, 3.8) is 0 Å². The third-order valence-corrected chi connectivity index (χ3v) is 3.70. The van der Waals surface area contributed by atoms with Crippen LogP contribution in [0.3, 0.4) is 0 Å². The van der Waals surface area contributed by atoms with Crippen molar-refractivity contribution in [3.05, 3.63) is 0 Å². The molecule has 1 aliphatic rings. The fourth-order valence-electron chi connectivity index (χ4n) is 2.26. The van der Waals surface area contributed by atoms with Crippen molar-refractivity contribution < 1.29 is 0 Å². The zero-order valence-electron chi connectivity index (χ0n) is 9.40. The SMILES string of the molecule is CCC1(CCNC)CCN(C)CC1. The smallest absolute Gasteiger partial charge is 0.00165 e. The van der Waals surface area contributed by atoms with Gasteiger partial charge in [0.1, 0.15) is 0 Å². The topological polar surface area (TPSA) is 15.3 Å². The highest BCUT2D eigenvalue weighted by Gasteiger charge is 2.30. The molecule has 0 amide bonds. The summed E-state index contributed by atoms with van der Waals surface area (Å²) in [6.07, 6.45) is 5.49. The highest BCUT2D eigenvalue weighted by Crippen LogP contribution is 2.37. The maximum atomic E-state index is 3.27. The molecule has 0 aromatic rings. The van der Waals surface area contributed by atoms with E-state index >= 15 is 0 Å². The number of hydrogen-bond donors (Lipinski definition) is 1. The van der Waals surface area contributed by atoms with Crippen LogP contribution in [0.25, 0.3) is 0 Å². The molecule has 1 rings (SSSR count). The van der Waals surface area contributed by atoms with Crippen LogP contribution >= 0.6 is 0 Å². The third kappa shape index (κ3) is 2.96. The Labute approximate surface area is 82.7 Å². The molecule has 13 heavy (non-hydrogen) atoms. The molecular formula is C11H24N2. The van der Waals surface area contributed by atoms with E-state index in [4.69, 9.17) is 0 Å². The van der Waals surface area contributed by atoms with Gasteiger partial charge >= 0.3 is 0 Å². The monoisotopic (exact) mass is 184 g/mol. The van der Waals surface area contributed by atoms with Gasteiger partial charge in [0.15, 0.2) is 0 Å². The van der Waals surface area contributed by atoms with Crippen molar-refractivity contribution in [1.82, 2.24) is 10.2 Å². The summed E-state index contributed by atoms with van der Waals surface area (Å²) >= 11 is 0. The molecule has 1 saturated heterocycles. The van der Waals surface area contributed by atoms with Gasteiger partial charge in [-0.25, -0.2) is 0 Å². The number of likely N-dealkylation sites (tertiary alicyclic amines) is 1. The van der Waals surface area contributed by atoms with Gasteiger partial charge in [0.2, 0.25) is 0 Å². The molecule has 2 nitrogen and oxygen atoms in total. The molecule has 78 valence electrons. The lowest BCUT2D eigenvalue weighted by Crippen LogP contribution is -2.39. The summed E-state index contributed by atoms with van der Waals surface area (Å²) in [7, 11) is 4.29. The van der Waals surface area contributed by atoms with Crippen LogP contribution in [0.4, 0.5) is 0 Å². The zero-order valence-corrected chi connectivity index (χ0v) is 9.40. The Morgan fingerprint density at radius 2 is 1.92 bits per heavy atom. The predicted octanol–water partition coefficient (Wildman–Crippen LogP) is 1.72. The Kier molecular flexibility index (Phi) is 4.20. The molecule has 0 aliphatic carbocycles. The van der Waals surface area contributed by atoms with Crippen LogP contribution in [-0.2, 0) is 0 Å². The van der Waals surface area contributed by atoms with E-state index in [1.54, 1.807) is 0 Å². The van der Waals surface area contributed by atoms with Crippen LogP contribution in [0.2, 0.25) is 0 Å². The molecule has 1 N–H and O–H groups in total. The van der Waals surface area contributed by atoms with Gasteiger partial charge in [-0.1, -0.05) is 13.3 Å². The zero-order chi connectivity index (χ0) is 9.73. The second-order valence-corrected chi connectivity index (χ2v) is 4.51. The number of hydrogen-bond acceptors (Lipinski definition) is 2. The average Bonchev–Trinajstić information content (AvgIpc) is 2.18. The van der Waals surface area contributed by atoms with Crippen LogP contribution in [0.15, 0.2) is 0 Å². The molecule has 0 atom stereocenters. The largest absolute Gasteiger partial charge is 0.320 e. The highest BCUT2D eigenvalue weighted by molar-refractivity contribution is 4.84. The lowest BCUT2D eigenvalue weighted by Gasteiger charge is -2.40. The molecule has 0 radical (unpaired) electrons. The third-order valence-electron chi connectivity index (χ3n) is 3.70. The first-order valence-electron chi connectivity index (χ1n) is 5.55. The molecular weight excluding hydrogens is 160 g/mol. The average molecular weight is 184 g/mol. The van der Waals surface area contributed by atoms with E-state index in [0.717, 1.165) is 0 Å². The summed E-state index contributed by atoms with van der Waals surface area (Å²) in [5.41, 5.74) is 0.648. The second kappa shape index (κ2) is 4.97. The standard InChI is InChI=1S/C11H24N2/c1-4-11(5-8-12-2)6-9-13(3)10-7-11/h12H,4-10H2,1-3H3. The molecule has 0 saturated carbocycles. The minimum atomic E-state index is 0.648. The maximum Gasteiger partial charge on any atom is -0.00165 e. The molecule has 0 aromatic heterocycles. The molecule has 2 heteroatoms. The summed E-state index contributed by atoms with van der Waals surface area (Å²) < 4.78 is 0. The predicted molar refractivity (Wildman–Crippen MR) is 58.0 cm³/mol. The van der Waals surface area contributed by atoms with Crippen molar-refractivity contribution in [2.45, 2.75) is 32.6 Å². The summed E-state index contributed by atoms with van der Waals surface area (Å²) in [4.78, 5) is 2.45. The fourth-order valence-corrected chi connectivity index (χ4v) is 2.26. The molecule has 0 aromatic carbocycles. The number of rotatable bonds is 4. The molecule has 0 unspecified atom stereocenters. The van der Waals surface area contributed by atoms with E-state index in [9.17, 15) is 0 Å². The number of piperidine rings is 1. The van der Waals surface area contributed by atoms with Gasteiger partial charge in [0.05, 0.1) is 0 Å². The van der Waals surface area contributed by atoms with Gasteiger partial charge in [-0.15, -0.1) is 0 Å². The Morgan fingerprint density at radius 3 is 2.38 bits per heavy atom. The van der Waals surface area contributed by atoms with Gasteiger partial charge in [-0.05, 0) is 58.4 Å². The van der Waals surface area contributed by atoms with E-state index in [1.165, 1.54) is 45.3 Å². The van der Waals surface area contributed by atoms with Gasteiger partial charge in [-0.3, -0.25) is 0 Å². The first-order chi connectivity index (χ1) is 6.22. The Balaban J connectivity index is 2.40. The van der Waals surface area contributed by atoms with Crippen LogP contribution in [0, 0.1) is 5.41 Å². The highest BCUT2D eigenvalue weighted by atomic mass is 15.1. The van der Waals surface area contributed by atoms with Crippen LogP contribution in [0.1, 0.15) is 32.6 Å². The minimum Gasteiger partial charge on any atom is -0.320 e. The Morgan fingerprint density at radius 1 is 1.31 bits per heavy atom. The quantitative estimate of drug-likeness (QED) is 0.715. The van der Waals surface area contributed by atoms with Gasteiger partial charge in [0.25, 0.3) is 0 Å². The van der Waals surface area contributed by atoms with Crippen molar-refractivity contribution in [3.8, 4) is 0 Å². The Hall–Kier alpha value is -0.0800. The summed E-state index contributed by atoms with van der Waals surface area (Å²) in [5.74, 6) is 0. The van der Waals surface area contributed by atoms with E-state index in [0.29, 0.717) is 5.41 Å². The van der Waals surface area contributed by atoms with Crippen molar-refractivity contribution >= 4 is 0 Å².